The maximum atomic E-state index is 14.3. The van der Waals surface area contributed by atoms with E-state index in [2.05, 4.69) is 58.2 Å². The second-order valence-corrected chi connectivity index (χ2v) is 19.9. The van der Waals surface area contributed by atoms with Gasteiger partial charge in [-0.15, -0.1) is 0 Å². The Bertz CT molecular complexity index is 3070. The summed E-state index contributed by atoms with van der Waals surface area (Å²) in [7, 11) is 0. The summed E-state index contributed by atoms with van der Waals surface area (Å²) >= 11 is 0. The Balaban J connectivity index is 1.03. The van der Waals surface area contributed by atoms with Crippen molar-refractivity contribution in [2.24, 2.45) is 0 Å². The predicted octanol–water partition coefficient (Wildman–Crippen LogP) is 14.1. The standard InChI is InChI=1S/C60H46N4O2/c1-63-52(34-61)54-40-16-6-8-18-42(40)56(65)46(54)30-38-26-36-28-50-44(32-48(36)58(38)20-10-3-11-21-58)45-33-49-37(29-51(45)60(50)24-14-5-15-25-60)27-39(59(49)22-12-4-13-23-59)31-47-55(53(35-62)64-2)41-17-7-9-19-43(41)57(47)66/h6-9,16-19,26-33H,3-5,10-15,20-25H2/b46-30-,47-31-,54-52+,55-53?. The maximum Gasteiger partial charge on any atom is 0.270 e. The number of allylic oxidation sites excluding steroid dienone is 10. The molecule has 0 bridgehead atoms. The molecule has 4 aromatic rings. The molecule has 8 aliphatic rings. The Morgan fingerprint density at radius 2 is 0.848 bits per heavy atom. The fourth-order valence-corrected chi connectivity index (χ4v) is 14.1. The van der Waals surface area contributed by atoms with Crippen LogP contribution in [0, 0.1) is 35.8 Å². The van der Waals surface area contributed by atoms with Crippen LogP contribution in [0.15, 0.2) is 119 Å². The normalized spacial score (nSPS) is 23.5. The number of benzene rings is 4. The first-order valence-electron chi connectivity index (χ1n) is 23.9. The number of carbonyl (C=O) groups is 2. The smallest absolute Gasteiger partial charge is 0.270 e. The molecule has 0 atom stereocenters. The van der Waals surface area contributed by atoms with Crippen molar-refractivity contribution in [1.29, 1.82) is 10.5 Å². The van der Waals surface area contributed by atoms with Crippen LogP contribution < -0.4 is 0 Å². The SMILES string of the molecule is [C-]#[N+]C(C#N)=C1/C(=C/C2=Cc3cc4c(cc3C23CCCCC3)-c2cc3c(cc2C42CCCCC2)C=C(/C=C2\C(=O)c4ccccc4\C2=C(\C#N)[N+]#[C-])C32CCCCC2)C(=O)c2ccccc21. The fourth-order valence-electron chi connectivity index (χ4n) is 14.1. The Hall–Kier alpha value is -7.38. The van der Waals surface area contributed by atoms with Crippen LogP contribution in [0.5, 0.6) is 0 Å². The Labute approximate surface area is 386 Å². The molecule has 0 aliphatic heterocycles. The minimum absolute atomic E-state index is 0.0487. The van der Waals surface area contributed by atoms with E-state index in [9.17, 15) is 20.1 Å². The van der Waals surface area contributed by atoms with E-state index >= 15 is 0 Å². The number of carbonyl (C=O) groups excluding carboxylic acids is 2. The summed E-state index contributed by atoms with van der Waals surface area (Å²) in [4.78, 5) is 35.8. The lowest BCUT2D eigenvalue weighted by Gasteiger charge is -2.38. The molecule has 6 heteroatoms. The van der Waals surface area contributed by atoms with Crippen molar-refractivity contribution in [1.82, 2.24) is 0 Å². The van der Waals surface area contributed by atoms with E-state index in [1.807, 2.05) is 60.7 Å². The van der Waals surface area contributed by atoms with E-state index in [1.165, 1.54) is 50.9 Å². The van der Waals surface area contributed by atoms with Gasteiger partial charge in [-0.2, -0.15) is 0 Å². The second-order valence-electron chi connectivity index (χ2n) is 19.9. The van der Waals surface area contributed by atoms with Crippen LogP contribution in [0.25, 0.3) is 44.1 Å². The Morgan fingerprint density at radius 1 is 0.485 bits per heavy atom. The molecule has 3 spiro atoms. The number of Topliss-reactive ketones (excluding diaryl/α,β-unsaturated/α-hetero) is 2. The monoisotopic (exact) mass is 854 g/mol. The molecule has 0 saturated heterocycles. The van der Waals surface area contributed by atoms with Crippen molar-refractivity contribution in [3.63, 3.8) is 0 Å². The maximum absolute atomic E-state index is 14.3. The summed E-state index contributed by atoms with van der Waals surface area (Å²) in [5.74, 6) is -0.255. The summed E-state index contributed by atoms with van der Waals surface area (Å²) in [5, 5.41) is 20.3. The highest BCUT2D eigenvalue weighted by Crippen LogP contribution is 2.63. The first kappa shape index (κ1) is 40.2. The van der Waals surface area contributed by atoms with Crippen LogP contribution in [0.3, 0.4) is 0 Å². The van der Waals surface area contributed by atoms with Crippen molar-refractivity contribution in [2.75, 3.05) is 0 Å². The highest BCUT2D eigenvalue weighted by atomic mass is 16.1. The van der Waals surface area contributed by atoms with Crippen LogP contribution in [-0.4, -0.2) is 11.6 Å². The van der Waals surface area contributed by atoms with Gasteiger partial charge in [-0.25, -0.2) is 20.2 Å². The Kier molecular flexibility index (Phi) is 9.02. The highest BCUT2D eigenvalue weighted by Gasteiger charge is 2.51. The first-order valence-corrected chi connectivity index (χ1v) is 23.9. The minimum Gasteiger partial charge on any atom is -0.289 e. The molecular weight excluding hydrogens is 809 g/mol. The van der Waals surface area contributed by atoms with Crippen molar-refractivity contribution < 1.29 is 9.59 Å². The quantitative estimate of drug-likeness (QED) is 0.114. The number of hydrogen-bond acceptors (Lipinski definition) is 4. The molecule has 6 nitrogen and oxygen atoms in total. The van der Waals surface area contributed by atoms with E-state index in [0.717, 1.165) is 101 Å². The summed E-state index contributed by atoms with van der Waals surface area (Å²) in [6.07, 6.45) is 25.0. The molecule has 0 unspecified atom stereocenters. The van der Waals surface area contributed by atoms with E-state index in [4.69, 9.17) is 13.1 Å². The third-order valence-corrected chi connectivity index (χ3v) is 17.0. The van der Waals surface area contributed by atoms with Crippen LogP contribution in [-0.2, 0) is 16.2 Å². The lowest BCUT2D eigenvalue weighted by molar-refractivity contribution is 0.103. The summed E-state index contributed by atoms with van der Waals surface area (Å²) in [5.41, 5.74) is 16.2. The third kappa shape index (κ3) is 5.37. The van der Waals surface area contributed by atoms with Crippen molar-refractivity contribution in [3.8, 4) is 23.3 Å². The summed E-state index contributed by atoms with van der Waals surface area (Å²) < 4.78 is 0. The van der Waals surface area contributed by atoms with Gasteiger partial charge in [0, 0.05) is 49.7 Å². The van der Waals surface area contributed by atoms with Gasteiger partial charge in [0.15, 0.2) is 11.6 Å². The van der Waals surface area contributed by atoms with E-state index in [0.29, 0.717) is 44.5 Å². The molecule has 4 aromatic carbocycles. The zero-order valence-corrected chi connectivity index (χ0v) is 36.9. The van der Waals surface area contributed by atoms with Crippen LogP contribution in [0.2, 0.25) is 0 Å². The average molecular weight is 855 g/mol. The summed E-state index contributed by atoms with van der Waals surface area (Å²) in [6.45, 7) is 15.8. The van der Waals surface area contributed by atoms with Crippen molar-refractivity contribution >= 4 is 34.9 Å². The van der Waals surface area contributed by atoms with E-state index in [1.54, 1.807) is 0 Å². The lowest BCUT2D eigenvalue weighted by Crippen LogP contribution is -2.30. The second kappa shape index (κ2) is 14.8. The van der Waals surface area contributed by atoms with Gasteiger partial charge in [0.2, 0.25) is 0 Å². The largest absolute Gasteiger partial charge is 0.289 e. The first-order chi connectivity index (χ1) is 32.3. The molecule has 3 fully saturated rings. The molecule has 0 amide bonds. The molecule has 12 rings (SSSR count). The fraction of sp³-hybridized carbons (Fsp3) is 0.300. The molecule has 66 heavy (non-hydrogen) atoms. The molecule has 0 radical (unpaired) electrons. The number of nitriles is 2. The molecule has 0 heterocycles. The van der Waals surface area contributed by atoms with Gasteiger partial charge in [0.05, 0.1) is 25.3 Å². The summed E-state index contributed by atoms with van der Waals surface area (Å²) in [6, 6.07) is 29.1. The number of hydrogen-bond donors (Lipinski definition) is 0. The zero-order valence-electron chi connectivity index (χ0n) is 36.9. The number of ketones is 2. The van der Waals surface area contributed by atoms with Gasteiger partial charge in [-0.1, -0.05) is 118 Å². The van der Waals surface area contributed by atoms with Gasteiger partial charge >= 0.3 is 0 Å². The molecular formula is C60H46N4O2. The van der Waals surface area contributed by atoms with Gasteiger partial charge in [0.1, 0.15) is 0 Å². The van der Waals surface area contributed by atoms with Crippen LogP contribution in [0.4, 0.5) is 0 Å². The third-order valence-electron chi connectivity index (χ3n) is 17.0. The lowest BCUT2D eigenvalue weighted by atomic mass is 9.65. The van der Waals surface area contributed by atoms with Crippen LogP contribution in [0.1, 0.15) is 162 Å². The minimum atomic E-state index is -0.296. The predicted molar refractivity (Wildman–Crippen MR) is 257 cm³/mol. The number of rotatable bonds is 2. The van der Waals surface area contributed by atoms with Crippen molar-refractivity contribution in [3.05, 3.63) is 197 Å². The van der Waals surface area contributed by atoms with Crippen LogP contribution >= 0.6 is 0 Å². The Morgan fingerprint density at radius 3 is 1.21 bits per heavy atom. The molecule has 8 aliphatic carbocycles. The van der Waals surface area contributed by atoms with E-state index in [-0.39, 0.29) is 39.2 Å². The molecule has 0 aromatic heterocycles. The average Bonchev–Trinajstić information content (AvgIpc) is 4.07. The van der Waals surface area contributed by atoms with Gasteiger partial charge in [-0.3, -0.25) is 9.59 Å². The zero-order chi connectivity index (χ0) is 45.0. The highest BCUT2D eigenvalue weighted by molar-refractivity contribution is 6.28. The van der Waals surface area contributed by atoms with Gasteiger partial charge in [0.25, 0.3) is 11.4 Å². The van der Waals surface area contributed by atoms with Gasteiger partial charge in [-0.05, 0) is 142 Å². The van der Waals surface area contributed by atoms with Gasteiger partial charge < -0.3 is 0 Å². The van der Waals surface area contributed by atoms with E-state index < -0.39 is 0 Å². The van der Waals surface area contributed by atoms with Crippen molar-refractivity contribution in [2.45, 2.75) is 113 Å². The molecule has 0 N–H and O–H groups in total. The molecule has 3 saturated carbocycles. The number of nitrogens with zero attached hydrogens (tertiary/aromatic N) is 4. The number of fused-ring (bicyclic) bond motifs is 11. The topological polar surface area (TPSA) is 90.4 Å². The molecule has 318 valence electrons.